The number of non-ortho nitro benzene ring substituents is 1. The first-order valence-electron chi connectivity index (χ1n) is 3.87. The average Bonchev–Trinajstić information content (AvgIpc) is 2.15. The molecule has 0 N–H and O–H groups in total. The molecule has 0 unspecified atom stereocenters. The van der Waals surface area contributed by atoms with Crippen molar-refractivity contribution >= 4 is 33.2 Å². The SMILES string of the molecule is O=[N+]([O-])c1cc(CCl)c(Br)c(C(F)(F)F)c1. The number of rotatable bonds is 2. The van der Waals surface area contributed by atoms with Crippen molar-refractivity contribution in [3.63, 3.8) is 0 Å². The summed E-state index contributed by atoms with van der Waals surface area (Å²) in [5, 5.41) is 10.4. The molecule has 0 aromatic heterocycles. The summed E-state index contributed by atoms with van der Waals surface area (Å²) in [6.07, 6.45) is -4.66. The van der Waals surface area contributed by atoms with Crippen molar-refractivity contribution in [2.24, 2.45) is 0 Å². The summed E-state index contributed by atoms with van der Waals surface area (Å²) in [7, 11) is 0. The van der Waals surface area contributed by atoms with Gasteiger partial charge in [-0.2, -0.15) is 13.2 Å². The maximum absolute atomic E-state index is 12.5. The molecule has 88 valence electrons. The van der Waals surface area contributed by atoms with Crippen LogP contribution in [-0.4, -0.2) is 4.92 Å². The Morgan fingerprint density at radius 2 is 2.00 bits per heavy atom. The molecule has 0 fully saturated rings. The van der Waals surface area contributed by atoms with Crippen LogP contribution in [0.4, 0.5) is 18.9 Å². The van der Waals surface area contributed by atoms with E-state index in [0.717, 1.165) is 6.07 Å². The van der Waals surface area contributed by atoms with E-state index in [9.17, 15) is 23.3 Å². The Morgan fingerprint density at radius 3 is 2.38 bits per heavy atom. The first kappa shape index (κ1) is 13.2. The summed E-state index contributed by atoms with van der Waals surface area (Å²) >= 11 is 8.14. The number of hydrogen-bond acceptors (Lipinski definition) is 2. The molecule has 0 aliphatic carbocycles. The minimum Gasteiger partial charge on any atom is -0.258 e. The Morgan fingerprint density at radius 1 is 1.44 bits per heavy atom. The summed E-state index contributed by atoms with van der Waals surface area (Å²) in [6, 6.07) is 1.48. The van der Waals surface area contributed by atoms with Crippen molar-refractivity contribution in [3.8, 4) is 0 Å². The summed E-state index contributed by atoms with van der Waals surface area (Å²) in [6.45, 7) is 0. The Bertz CT molecular complexity index is 436. The first-order valence-corrected chi connectivity index (χ1v) is 5.20. The third-order valence-corrected chi connectivity index (χ3v) is 3.02. The van der Waals surface area contributed by atoms with Crippen LogP contribution in [0.3, 0.4) is 0 Å². The second kappa shape index (κ2) is 4.58. The Labute approximate surface area is 101 Å². The van der Waals surface area contributed by atoms with Gasteiger partial charge in [-0.05, 0) is 21.5 Å². The monoisotopic (exact) mass is 317 g/mol. The predicted molar refractivity (Wildman–Crippen MR) is 55.4 cm³/mol. The molecule has 0 saturated carbocycles. The number of nitro groups is 1. The van der Waals surface area contributed by atoms with E-state index >= 15 is 0 Å². The van der Waals surface area contributed by atoms with Gasteiger partial charge >= 0.3 is 6.18 Å². The van der Waals surface area contributed by atoms with Crippen LogP contribution in [0, 0.1) is 10.1 Å². The van der Waals surface area contributed by atoms with Gasteiger partial charge < -0.3 is 0 Å². The summed E-state index contributed by atoms with van der Waals surface area (Å²) < 4.78 is 37.3. The lowest BCUT2D eigenvalue weighted by molar-refractivity contribution is -0.385. The largest absolute Gasteiger partial charge is 0.417 e. The van der Waals surface area contributed by atoms with Crippen LogP contribution in [0.15, 0.2) is 16.6 Å². The summed E-state index contributed by atoms with van der Waals surface area (Å²) in [5.74, 6) is -0.245. The van der Waals surface area contributed by atoms with Gasteiger partial charge in [-0.1, -0.05) is 0 Å². The van der Waals surface area contributed by atoms with Crippen LogP contribution in [-0.2, 0) is 12.1 Å². The fraction of sp³-hybridized carbons (Fsp3) is 0.250. The van der Waals surface area contributed by atoms with E-state index < -0.39 is 22.4 Å². The lowest BCUT2D eigenvalue weighted by Crippen LogP contribution is -2.08. The molecule has 3 nitrogen and oxygen atoms in total. The van der Waals surface area contributed by atoms with Crippen molar-refractivity contribution in [1.29, 1.82) is 0 Å². The average molecular weight is 318 g/mol. The normalized spacial score (nSPS) is 11.6. The quantitative estimate of drug-likeness (QED) is 0.468. The maximum atomic E-state index is 12.5. The van der Waals surface area contributed by atoms with Crippen LogP contribution in [0.5, 0.6) is 0 Å². The molecule has 1 aromatic rings. The number of nitro benzene ring substituents is 1. The minimum atomic E-state index is -4.66. The van der Waals surface area contributed by atoms with Gasteiger partial charge in [0.25, 0.3) is 5.69 Å². The summed E-state index contributed by atoms with van der Waals surface area (Å²) in [5.41, 5.74) is -1.70. The maximum Gasteiger partial charge on any atom is 0.417 e. The first-order chi connectivity index (χ1) is 7.27. The van der Waals surface area contributed by atoms with E-state index in [2.05, 4.69) is 15.9 Å². The van der Waals surface area contributed by atoms with Crippen molar-refractivity contribution in [2.45, 2.75) is 12.1 Å². The third kappa shape index (κ3) is 2.65. The molecule has 0 amide bonds. The van der Waals surface area contributed by atoms with E-state index in [1.54, 1.807) is 0 Å². The van der Waals surface area contributed by atoms with Crippen molar-refractivity contribution in [2.75, 3.05) is 0 Å². The Hall–Kier alpha value is -0.820. The van der Waals surface area contributed by atoms with Crippen molar-refractivity contribution < 1.29 is 18.1 Å². The van der Waals surface area contributed by atoms with Crippen molar-refractivity contribution in [1.82, 2.24) is 0 Å². The molecule has 0 spiro atoms. The van der Waals surface area contributed by atoms with Gasteiger partial charge in [-0.15, -0.1) is 11.6 Å². The predicted octanol–water partition coefficient (Wildman–Crippen LogP) is 4.11. The number of nitrogens with zero attached hydrogens (tertiary/aromatic N) is 1. The standard InChI is InChI=1S/C8H4BrClF3NO2/c9-7-4(3-10)1-5(14(15)16)2-6(7)8(11,12)13/h1-2H,3H2. The fourth-order valence-electron chi connectivity index (χ4n) is 1.08. The molecule has 1 aromatic carbocycles. The van der Waals surface area contributed by atoms with Crippen LogP contribution >= 0.6 is 27.5 Å². The molecule has 0 atom stereocenters. The molecule has 1 rings (SSSR count). The lowest BCUT2D eigenvalue weighted by atomic mass is 10.1. The molecular formula is C8H4BrClF3NO2. The van der Waals surface area contributed by atoms with E-state index in [-0.39, 0.29) is 15.9 Å². The number of hydrogen-bond donors (Lipinski definition) is 0. The van der Waals surface area contributed by atoms with Gasteiger partial charge in [0.05, 0.1) is 10.5 Å². The number of alkyl halides is 4. The highest BCUT2D eigenvalue weighted by Gasteiger charge is 2.35. The van der Waals surface area contributed by atoms with Gasteiger partial charge in [0.15, 0.2) is 0 Å². The van der Waals surface area contributed by atoms with E-state index in [1.165, 1.54) is 0 Å². The molecule has 0 saturated heterocycles. The molecular weight excluding hydrogens is 314 g/mol. The molecule has 0 aliphatic heterocycles. The fourth-order valence-corrected chi connectivity index (χ4v) is 2.04. The van der Waals surface area contributed by atoms with E-state index in [1.807, 2.05) is 0 Å². The molecule has 8 heteroatoms. The number of benzene rings is 1. The topological polar surface area (TPSA) is 43.1 Å². The smallest absolute Gasteiger partial charge is 0.258 e. The van der Waals surface area contributed by atoms with Gasteiger partial charge in [-0.25, -0.2) is 0 Å². The summed E-state index contributed by atoms with van der Waals surface area (Å²) in [4.78, 5) is 9.55. The highest BCUT2D eigenvalue weighted by molar-refractivity contribution is 9.10. The molecule has 0 radical (unpaired) electrons. The second-order valence-corrected chi connectivity index (χ2v) is 3.92. The minimum absolute atomic E-state index is 0.0307. The molecule has 0 heterocycles. The Kier molecular flexibility index (Phi) is 3.80. The van der Waals surface area contributed by atoms with Gasteiger partial charge in [-0.3, -0.25) is 10.1 Å². The molecule has 0 bridgehead atoms. The van der Waals surface area contributed by atoms with Crippen LogP contribution < -0.4 is 0 Å². The number of halogens is 5. The van der Waals surface area contributed by atoms with Gasteiger partial charge in [0.1, 0.15) is 0 Å². The molecule has 0 aliphatic rings. The highest BCUT2D eigenvalue weighted by atomic mass is 79.9. The third-order valence-electron chi connectivity index (χ3n) is 1.79. The Balaban J connectivity index is 3.48. The zero-order chi connectivity index (χ0) is 12.5. The highest BCUT2D eigenvalue weighted by Crippen LogP contribution is 2.39. The van der Waals surface area contributed by atoms with E-state index in [4.69, 9.17) is 11.6 Å². The van der Waals surface area contributed by atoms with Gasteiger partial charge in [0.2, 0.25) is 0 Å². The van der Waals surface area contributed by atoms with E-state index in [0.29, 0.717) is 6.07 Å². The van der Waals surface area contributed by atoms with Crippen LogP contribution in [0.1, 0.15) is 11.1 Å². The van der Waals surface area contributed by atoms with Crippen molar-refractivity contribution in [3.05, 3.63) is 37.8 Å². The van der Waals surface area contributed by atoms with Crippen LogP contribution in [0.2, 0.25) is 0 Å². The molecule has 16 heavy (non-hydrogen) atoms. The lowest BCUT2D eigenvalue weighted by Gasteiger charge is -2.11. The zero-order valence-electron chi connectivity index (χ0n) is 7.52. The van der Waals surface area contributed by atoms with Crippen LogP contribution in [0.25, 0.3) is 0 Å². The zero-order valence-corrected chi connectivity index (χ0v) is 9.86. The van der Waals surface area contributed by atoms with Gasteiger partial charge in [0, 0.05) is 22.5 Å². The second-order valence-electron chi connectivity index (χ2n) is 2.85.